The van der Waals surface area contributed by atoms with E-state index < -0.39 is 12.1 Å². The van der Waals surface area contributed by atoms with Gasteiger partial charge in [0.1, 0.15) is 0 Å². The van der Waals surface area contributed by atoms with Crippen molar-refractivity contribution in [3.05, 3.63) is 17.5 Å². The second kappa shape index (κ2) is 4.54. The van der Waals surface area contributed by atoms with Crippen LogP contribution in [0.25, 0.3) is 0 Å². The number of aromatic nitrogens is 2. The molecule has 0 aliphatic rings. The van der Waals surface area contributed by atoms with Crippen molar-refractivity contribution in [1.82, 2.24) is 9.78 Å². The lowest BCUT2D eigenvalue weighted by Crippen LogP contribution is -2.32. The summed E-state index contributed by atoms with van der Waals surface area (Å²) in [7, 11) is 1.79. The zero-order valence-electron chi connectivity index (χ0n) is 8.51. The summed E-state index contributed by atoms with van der Waals surface area (Å²) in [4.78, 5) is 0. The van der Waals surface area contributed by atoms with Crippen LogP contribution in [0.3, 0.4) is 0 Å². The molecule has 0 fully saturated rings. The minimum Gasteiger partial charge on any atom is -0.395 e. The lowest BCUT2D eigenvalue weighted by molar-refractivity contribution is 0.109. The quantitative estimate of drug-likeness (QED) is 0.601. The topological polar surface area (TPSA) is 84.3 Å². The Labute approximate surface area is 83.2 Å². The van der Waals surface area contributed by atoms with E-state index >= 15 is 0 Å². The minimum atomic E-state index is -0.844. The highest BCUT2D eigenvalue weighted by Crippen LogP contribution is 2.19. The molecule has 0 amide bonds. The minimum absolute atomic E-state index is 0.237. The third-order valence-electron chi connectivity index (χ3n) is 2.21. The van der Waals surface area contributed by atoms with Gasteiger partial charge in [0, 0.05) is 18.8 Å². The summed E-state index contributed by atoms with van der Waals surface area (Å²) in [5.74, 6) is 0. The zero-order valence-corrected chi connectivity index (χ0v) is 8.51. The molecule has 5 heteroatoms. The normalized spacial score (nSPS) is 15.5. The average Bonchev–Trinajstić information content (AvgIpc) is 2.57. The third kappa shape index (κ3) is 2.12. The molecule has 0 radical (unpaired) electrons. The number of nitrogens with zero attached hydrogens (tertiary/aromatic N) is 2. The second-order valence-corrected chi connectivity index (χ2v) is 3.35. The number of hydrogen-bond acceptors (Lipinski definition) is 4. The molecule has 1 aromatic rings. The van der Waals surface area contributed by atoms with E-state index in [1.165, 1.54) is 0 Å². The highest BCUT2D eigenvalue weighted by molar-refractivity contribution is 5.21. The molecule has 2 unspecified atom stereocenters. The molecule has 0 saturated heterocycles. The monoisotopic (exact) mass is 199 g/mol. The maximum absolute atomic E-state index is 9.78. The lowest BCUT2D eigenvalue weighted by Gasteiger charge is -2.15. The predicted octanol–water partition coefficient (Wildman–Crippen LogP) is -0.665. The number of aliphatic hydroxyl groups excluding tert-OH is 2. The summed E-state index contributed by atoms with van der Waals surface area (Å²) in [6.45, 7) is 1.72. The third-order valence-corrected chi connectivity index (χ3v) is 2.21. The Hall–Kier alpha value is -0.910. The number of aliphatic hydroxyl groups is 2. The van der Waals surface area contributed by atoms with E-state index in [4.69, 9.17) is 10.8 Å². The summed E-state index contributed by atoms with van der Waals surface area (Å²) in [6.07, 6.45) is 1.63. The first-order valence-electron chi connectivity index (χ1n) is 4.67. The summed E-state index contributed by atoms with van der Waals surface area (Å²) >= 11 is 0. The molecular formula is C9H17N3O2. The number of nitrogens with two attached hydrogens (primary N) is 1. The second-order valence-electron chi connectivity index (χ2n) is 3.35. The maximum Gasteiger partial charge on any atom is 0.0996 e. The van der Waals surface area contributed by atoms with Gasteiger partial charge in [-0.05, 0) is 6.42 Å². The van der Waals surface area contributed by atoms with Gasteiger partial charge in [0.2, 0.25) is 0 Å². The highest BCUT2D eigenvalue weighted by atomic mass is 16.3. The molecule has 1 aromatic heterocycles. The summed E-state index contributed by atoms with van der Waals surface area (Å²) in [5.41, 5.74) is 7.07. The molecule has 5 nitrogen and oxygen atoms in total. The number of hydrogen-bond donors (Lipinski definition) is 3. The van der Waals surface area contributed by atoms with Gasteiger partial charge in [0.15, 0.2) is 0 Å². The molecule has 2 atom stereocenters. The van der Waals surface area contributed by atoms with Gasteiger partial charge < -0.3 is 15.9 Å². The van der Waals surface area contributed by atoms with Gasteiger partial charge in [-0.1, -0.05) is 6.92 Å². The maximum atomic E-state index is 9.78. The van der Waals surface area contributed by atoms with E-state index in [1.54, 1.807) is 17.9 Å². The van der Waals surface area contributed by atoms with Crippen molar-refractivity contribution in [3.63, 3.8) is 0 Å². The van der Waals surface area contributed by atoms with Crippen LogP contribution in [-0.4, -0.2) is 32.6 Å². The van der Waals surface area contributed by atoms with E-state index in [-0.39, 0.29) is 6.61 Å². The van der Waals surface area contributed by atoms with Gasteiger partial charge in [0.25, 0.3) is 0 Å². The van der Waals surface area contributed by atoms with E-state index in [1.807, 2.05) is 6.92 Å². The zero-order chi connectivity index (χ0) is 10.7. The molecule has 0 aliphatic carbocycles. The van der Waals surface area contributed by atoms with Crippen molar-refractivity contribution in [2.24, 2.45) is 12.8 Å². The average molecular weight is 199 g/mol. The van der Waals surface area contributed by atoms with E-state index in [2.05, 4.69) is 5.10 Å². The molecule has 4 N–H and O–H groups in total. The Balaban J connectivity index is 2.93. The molecule has 0 bridgehead atoms. The first-order chi connectivity index (χ1) is 6.60. The van der Waals surface area contributed by atoms with Crippen LogP contribution in [0, 0.1) is 0 Å². The van der Waals surface area contributed by atoms with Crippen LogP contribution in [0.2, 0.25) is 0 Å². The summed E-state index contributed by atoms with van der Waals surface area (Å²) in [6, 6.07) is -0.649. The van der Waals surface area contributed by atoms with Crippen LogP contribution in [-0.2, 0) is 13.5 Å². The Morgan fingerprint density at radius 3 is 2.79 bits per heavy atom. The van der Waals surface area contributed by atoms with Gasteiger partial charge >= 0.3 is 0 Å². The van der Waals surface area contributed by atoms with Gasteiger partial charge in [0.05, 0.1) is 24.4 Å². The molecule has 14 heavy (non-hydrogen) atoms. The SMILES string of the molecule is CCc1nn(C)cc1C(O)C(N)CO. The molecule has 0 spiro atoms. The van der Waals surface area contributed by atoms with Crippen molar-refractivity contribution in [2.45, 2.75) is 25.5 Å². The summed E-state index contributed by atoms with van der Waals surface area (Å²) < 4.78 is 1.64. The Kier molecular flexibility index (Phi) is 3.62. The first kappa shape index (κ1) is 11.2. The fourth-order valence-electron chi connectivity index (χ4n) is 1.41. The molecule has 0 saturated carbocycles. The fraction of sp³-hybridized carbons (Fsp3) is 0.667. The van der Waals surface area contributed by atoms with Crippen molar-refractivity contribution in [3.8, 4) is 0 Å². The highest BCUT2D eigenvalue weighted by Gasteiger charge is 2.20. The molecule has 1 rings (SSSR count). The fourth-order valence-corrected chi connectivity index (χ4v) is 1.41. The van der Waals surface area contributed by atoms with Gasteiger partial charge in [-0.2, -0.15) is 5.10 Å². The predicted molar refractivity (Wildman–Crippen MR) is 52.6 cm³/mol. The number of aryl methyl sites for hydroxylation is 2. The van der Waals surface area contributed by atoms with Crippen LogP contribution in [0.5, 0.6) is 0 Å². The standard InChI is InChI=1S/C9H17N3O2/c1-3-8-6(4-12(2)11-8)9(14)7(10)5-13/h4,7,9,13-14H,3,5,10H2,1-2H3. The van der Waals surface area contributed by atoms with E-state index in [0.717, 1.165) is 12.1 Å². The van der Waals surface area contributed by atoms with Crippen LogP contribution in [0.1, 0.15) is 24.3 Å². The lowest BCUT2D eigenvalue weighted by atomic mass is 10.0. The van der Waals surface area contributed by atoms with E-state index in [9.17, 15) is 5.11 Å². The molecule has 80 valence electrons. The van der Waals surface area contributed by atoms with Crippen LogP contribution in [0.4, 0.5) is 0 Å². The number of rotatable bonds is 4. The van der Waals surface area contributed by atoms with Crippen LogP contribution < -0.4 is 5.73 Å². The molecular weight excluding hydrogens is 182 g/mol. The Bertz CT molecular complexity index is 298. The van der Waals surface area contributed by atoms with Crippen molar-refractivity contribution in [1.29, 1.82) is 0 Å². The van der Waals surface area contributed by atoms with Gasteiger partial charge in [-0.3, -0.25) is 4.68 Å². The van der Waals surface area contributed by atoms with Gasteiger partial charge in [-0.25, -0.2) is 0 Å². The molecule has 0 aliphatic heterocycles. The van der Waals surface area contributed by atoms with Crippen molar-refractivity contribution in [2.75, 3.05) is 6.61 Å². The van der Waals surface area contributed by atoms with Crippen molar-refractivity contribution < 1.29 is 10.2 Å². The smallest absolute Gasteiger partial charge is 0.0996 e. The Morgan fingerprint density at radius 1 is 1.64 bits per heavy atom. The van der Waals surface area contributed by atoms with Gasteiger partial charge in [-0.15, -0.1) is 0 Å². The molecule has 0 aromatic carbocycles. The Morgan fingerprint density at radius 2 is 2.29 bits per heavy atom. The largest absolute Gasteiger partial charge is 0.395 e. The molecule has 1 heterocycles. The van der Waals surface area contributed by atoms with Crippen molar-refractivity contribution >= 4 is 0 Å². The van der Waals surface area contributed by atoms with E-state index in [0.29, 0.717) is 5.56 Å². The summed E-state index contributed by atoms with van der Waals surface area (Å²) in [5, 5.41) is 22.8. The van der Waals surface area contributed by atoms with Crippen LogP contribution in [0.15, 0.2) is 6.20 Å². The first-order valence-corrected chi connectivity index (χ1v) is 4.67. The van der Waals surface area contributed by atoms with Crippen LogP contribution >= 0.6 is 0 Å².